The van der Waals surface area contributed by atoms with Crippen molar-refractivity contribution in [2.24, 2.45) is 5.10 Å². The summed E-state index contributed by atoms with van der Waals surface area (Å²) in [5, 5.41) is 7.08. The number of ether oxygens (including phenoxy) is 1. The van der Waals surface area contributed by atoms with Crippen LogP contribution in [-0.2, 0) is 4.79 Å². The Morgan fingerprint density at radius 3 is 2.50 bits per heavy atom. The van der Waals surface area contributed by atoms with Gasteiger partial charge < -0.3 is 10.1 Å². The highest BCUT2D eigenvalue weighted by molar-refractivity contribution is 5.99. The van der Waals surface area contributed by atoms with Gasteiger partial charge in [-0.25, -0.2) is 5.43 Å². The van der Waals surface area contributed by atoms with Crippen LogP contribution in [0, 0.1) is 0 Å². The van der Waals surface area contributed by atoms with Gasteiger partial charge in [0.15, 0.2) is 0 Å². The smallest absolute Gasteiger partial charge is 0.259 e. The summed E-state index contributed by atoms with van der Waals surface area (Å²) in [6, 6.07) is 11.0. The minimum absolute atomic E-state index is 0.138. The lowest BCUT2D eigenvalue weighted by molar-refractivity contribution is -0.119. The second-order valence-corrected chi connectivity index (χ2v) is 4.55. The Morgan fingerprint density at radius 2 is 1.86 bits per heavy atom. The van der Waals surface area contributed by atoms with Crippen LogP contribution in [0.15, 0.2) is 53.9 Å². The van der Waals surface area contributed by atoms with Crippen molar-refractivity contribution in [1.82, 2.24) is 10.4 Å². The summed E-state index contributed by atoms with van der Waals surface area (Å²) >= 11 is 0. The van der Waals surface area contributed by atoms with E-state index in [4.69, 9.17) is 4.74 Å². The second kappa shape index (κ2) is 7.78. The molecule has 0 unspecified atom stereocenters. The summed E-state index contributed by atoms with van der Waals surface area (Å²) in [7, 11) is 1.61. The second-order valence-electron chi connectivity index (χ2n) is 4.55. The van der Waals surface area contributed by atoms with Crippen LogP contribution in [0.5, 0.6) is 5.75 Å². The normalized spacial score (nSPS) is 10.9. The van der Waals surface area contributed by atoms with Gasteiger partial charge in [0.2, 0.25) is 0 Å². The van der Waals surface area contributed by atoms with Gasteiger partial charge in [-0.3, -0.25) is 9.78 Å². The third-order valence-corrected chi connectivity index (χ3v) is 2.99. The van der Waals surface area contributed by atoms with Gasteiger partial charge in [-0.05, 0) is 43.3 Å². The number of methoxy groups -OCH3 is 1. The van der Waals surface area contributed by atoms with Crippen molar-refractivity contribution in [2.45, 2.75) is 6.92 Å². The molecular formula is C16H18N4O2. The van der Waals surface area contributed by atoms with Crippen molar-refractivity contribution in [3.8, 4) is 5.75 Å². The molecule has 0 aliphatic rings. The molecule has 1 aromatic heterocycles. The first-order valence-electron chi connectivity index (χ1n) is 6.80. The number of pyridine rings is 1. The molecule has 0 aliphatic heterocycles. The van der Waals surface area contributed by atoms with Gasteiger partial charge in [0.05, 0.1) is 19.4 Å². The largest absolute Gasteiger partial charge is 0.497 e. The summed E-state index contributed by atoms with van der Waals surface area (Å²) in [5.74, 6) is 0.553. The van der Waals surface area contributed by atoms with Gasteiger partial charge in [-0.2, -0.15) is 5.10 Å². The van der Waals surface area contributed by atoms with Crippen LogP contribution in [-0.4, -0.2) is 30.3 Å². The van der Waals surface area contributed by atoms with Crippen molar-refractivity contribution in [3.63, 3.8) is 0 Å². The van der Waals surface area contributed by atoms with Crippen molar-refractivity contribution < 1.29 is 9.53 Å². The predicted molar refractivity (Wildman–Crippen MR) is 86.1 cm³/mol. The highest BCUT2D eigenvalue weighted by Crippen LogP contribution is 2.14. The molecular weight excluding hydrogens is 280 g/mol. The van der Waals surface area contributed by atoms with Gasteiger partial charge in [-0.1, -0.05) is 0 Å². The molecule has 2 N–H and O–H groups in total. The Balaban J connectivity index is 1.82. The third kappa shape index (κ3) is 4.59. The number of carbonyl (C=O) groups excluding carboxylic acids is 1. The zero-order valence-electron chi connectivity index (χ0n) is 12.5. The maximum atomic E-state index is 11.8. The number of aromatic nitrogens is 1. The first-order valence-corrected chi connectivity index (χ1v) is 6.80. The molecule has 0 fully saturated rings. The summed E-state index contributed by atoms with van der Waals surface area (Å²) in [5.41, 5.74) is 4.99. The molecule has 0 atom stereocenters. The minimum atomic E-state index is -0.218. The van der Waals surface area contributed by atoms with Gasteiger partial charge in [-0.15, -0.1) is 0 Å². The quantitative estimate of drug-likeness (QED) is 0.632. The molecule has 2 aromatic rings. The Hall–Kier alpha value is -2.89. The van der Waals surface area contributed by atoms with Gasteiger partial charge in [0, 0.05) is 23.6 Å². The SMILES string of the molecule is COc1ccc(NCC(=O)N/N=C(\C)c2ccncc2)cc1. The van der Waals surface area contributed by atoms with Crippen molar-refractivity contribution in [2.75, 3.05) is 19.0 Å². The van der Waals surface area contributed by atoms with Crippen molar-refractivity contribution in [1.29, 1.82) is 0 Å². The summed E-state index contributed by atoms with van der Waals surface area (Å²) < 4.78 is 5.07. The van der Waals surface area contributed by atoms with E-state index in [0.717, 1.165) is 22.7 Å². The number of hydrogen-bond donors (Lipinski definition) is 2. The molecule has 0 spiro atoms. The highest BCUT2D eigenvalue weighted by atomic mass is 16.5. The topological polar surface area (TPSA) is 75.6 Å². The predicted octanol–water partition coefficient (Wildman–Crippen LogP) is 2.04. The lowest BCUT2D eigenvalue weighted by Crippen LogP contribution is -2.26. The first-order chi connectivity index (χ1) is 10.7. The van der Waals surface area contributed by atoms with Crippen LogP contribution in [0.1, 0.15) is 12.5 Å². The fourth-order valence-electron chi connectivity index (χ4n) is 1.73. The maximum Gasteiger partial charge on any atom is 0.259 e. The monoisotopic (exact) mass is 298 g/mol. The number of hydrogen-bond acceptors (Lipinski definition) is 5. The van der Waals surface area contributed by atoms with Crippen LogP contribution < -0.4 is 15.5 Å². The summed E-state index contributed by atoms with van der Waals surface area (Å²) in [4.78, 5) is 15.7. The third-order valence-electron chi connectivity index (χ3n) is 2.99. The molecule has 1 heterocycles. The zero-order chi connectivity index (χ0) is 15.8. The van der Waals surface area contributed by atoms with Gasteiger partial charge in [0.25, 0.3) is 5.91 Å². The van der Waals surface area contributed by atoms with Gasteiger partial charge in [0.1, 0.15) is 5.75 Å². The van der Waals surface area contributed by atoms with Crippen LogP contribution in [0.4, 0.5) is 5.69 Å². The average molecular weight is 298 g/mol. The number of hydrazone groups is 1. The molecule has 6 heteroatoms. The Morgan fingerprint density at radius 1 is 1.18 bits per heavy atom. The zero-order valence-corrected chi connectivity index (χ0v) is 12.5. The van der Waals surface area contributed by atoms with Crippen molar-refractivity contribution in [3.05, 3.63) is 54.4 Å². The Bertz CT molecular complexity index is 639. The van der Waals surface area contributed by atoms with Crippen LogP contribution in [0.2, 0.25) is 0 Å². The number of nitrogens with zero attached hydrogens (tertiary/aromatic N) is 2. The number of benzene rings is 1. The molecule has 2 rings (SSSR count). The van der Waals surface area contributed by atoms with E-state index in [2.05, 4.69) is 20.8 Å². The molecule has 0 bridgehead atoms. The Labute approximate surface area is 129 Å². The summed E-state index contributed by atoms with van der Waals surface area (Å²) in [6.45, 7) is 1.96. The highest BCUT2D eigenvalue weighted by Gasteiger charge is 2.01. The van der Waals surface area contributed by atoms with E-state index in [-0.39, 0.29) is 12.5 Å². The number of nitrogens with one attached hydrogen (secondary N) is 2. The molecule has 6 nitrogen and oxygen atoms in total. The van der Waals surface area contributed by atoms with Crippen LogP contribution in [0.3, 0.4) is 0 Å². The van der Waals surface area contributed by atoms with E-state index in [1.165, 1.54) is 0 Å². The standard InChI is InChI=1S/C16H18N4O2/c1-12(13-7-9-17-10-8-13)19-20-16(21)11-18-14-3-5-15(22-2)6-4-14/h3-10,18H,11H2,1-2H3,(H,20,21)/b19-12+. The van der Waals surface area contributed by atoms with E-state index in [1.807, 2.05) is 43.3 Å². The van der Waals surface area contributed by atoms with Crippen LogP contribution >= 0.6 is 0 Å². The molecule has 1 aromatic carbocycles. The van der Waals surface area contributed by atoms with E-state index in [9.17, 15) is 4.79 Å². The number of anilines is 1. The molecule has 22 heavy (non-hydrogen) atoms. The molecule has 1 amide bonds. The molecule has 0 aliphatic carbocycles. The van der Waals surface area contributed by atoms with Crippen LogP contribution in [0.25, 0.3) is 0 Å². The average Bonchev–Trinajstić information content (AvgIpc) is 2.59. The van der Waals surface area contributed by atoms with Crippen molar-refractivity contribution >= 4 is 17.3 Å². The lowest BCUT2D eigenvalue weighted by atomic mass is 10.2. The number of carbonyl (C=O) groups is 1. The Kier molecular flexibility index (Phi) is 5.48. The van der Waals surface area contributed by atoms with E-state index in [1.54, 1.807) is 19.5 Å². The fourth-order valence-corrected chi connectivity index (χ4v) is 1.73. The first kappa shape index (κ1) is 15.5. The molecule has 0 saturated heterocycles. The maximum absolute atomic E-state index is 11.8. The van der Waals surface area contributed by atoms with E-state index in [0.29, 0.717) is 0 Å². The van der Waals surface area contributed by atoms with E-state index < -0.39 is 0 Å². The lowest BCUT2D eigenvalue weighted by Gasteiger charge is -2.07. The fraction of sp³-hybridized carbons (Fsp3) is 0.188. The number of rotatable bonds is 6. The summed E-state index contributed by atoms with van der Waals surface area (Å²) in [6.07, 6.45) is 3.36. The molecule has 114 valence electrons. The number of amides is 1. The molecule has 0 radical (unpaired) electrons. The van der Waals surface area contributed by atoms with E-state index >= 15 is 0 Å². The van der Waals surface area contributed by atoms with Gasteiger partial charge >= 0.3 is 0 Å². The molecule has 0 saturated carbocycles. The minimum Gasteiger partial charge on any atom is -0.497 e.